The van der Waals surface area contributed by atoms with Crippen LogP contribution in [0.15, 0.2) is 85.3 Å². The largest absolute Gasteiger partial charge is 0.453 e. The van der Waals surface area contributed by atoms with Gasteiger partial charge in [-0.3, -0.25) is 10.3 Å². The third kappa shape index (κ3) is 5.01. The highest BCUT2D eigenvalue weighted by Gasteiger charge is 2.32. The Kier molecular flexibility index (Phi) is 6.64. The van der Waals surface area contributed by atoms with E-state index in [2.05, 4.69) is 25.0 Å². The van der Waals surface area contributed by atoms with Gasteiger partial charge >= 0.3 is 6.09 Å². The van der Waals surface area contributed by atoms with Gasteiger partial charge in [0, 0.05) is 36.0 Å². The molecular weight excluding hydrogens is 426 g/mol. The van der Waals surface area contributed by atoms with E-state index < -0.39 is 29.7 Å². The molecule has 1 amide bonds. The van der Waals surface area contributed by atoms with Crippen molar-refractivity contribution in [3.8, 4) is 0 Å². The van der Waals surface area contributed by atoms with Gasteiger partial charge in [-0.05, 0) is 47.5 Å². The molecule has 1 N–H and O–H groups in total. The molecule has 33 heavy (non-hydrogen) atoms. The summed E-state index contributed by atoms with van der Waals surface area (Å²) >= 11 is 0. The fourth-order valence-corrected chi connectivity index (χ4v) is 3.80. The Morgan fingerprint density at radius 2 is 1.70 bits per heavy atom. The molecule has 0 fully saturated rings. The van der Waals surface area contributed by atoms with Crippen LogP contribution < -0.4 is 5.32 Å². The first-order valence-electron chi connectivity index (χ1n) is 10.1. The van der Waals surface area contributed by atoms with Crippen molar-refractivity contribution >= 4 is 11.9 Å². The smallest absolute Gasteiger partial charge is 0.412 e. The second-order valence-corrected chi connectivity index (χ2v) is 7.24. The van der Waals surface area contributed by atoms with Gasteiger partial charge < -0.3 is 4.74 Å². The number of benzene rings is 1. The Labute approximate surface area is 189 Å². The van der Waals surface area contributed by atoms with Gasteiger partial charge in [-0.15, -0.1) is 0 Å². The van der Waals surface area contributed by atoms with E-state index in [0.717, 1.165) is 5.56 Å². The third-order valence-electron chi connectivity index (χ3n) is 5.23. The summed E-state index contributed by atoms with van der Waals surface area (Å²) in [5.41, 5.74) is 2.31. The average molecular weight is 446 g/mol. The molecule has 8 heteroatoms. The number of anilines is 1. The molecule has 0 bridgehead atoms. The van der Waals surface area contributed by atoms with E-state index in [-0.39, 0.29) is 5.82 Å². The monoisotopic (exact) mass is 446 g/mol. The second-order valence-electron chi connectivity index (χ2n) is 7.24. The number of hydrogen-bond acceptors (Lipinski definition) is 5. The summed E-state index contributed by atoms with van der Waals surface area (Å²) < 4.78 is 33.4. The number of nitrogens with zero attached hydrogens (tertiary/aromatic N) is 3. The number of methoxy groups -OCH3 is 1. The molecule has 6 nitrogen and oxygen atoms in total. The topological polar surface area (TPSA) is 77.0 Å². The summed E-state index contributed by atoms with van der Waals surface area (Å²) in [5, 5.41) is 2.55. The summed E-state index contributed by atoms with van der Waals surface area (Å²) in [6, 6.07) is 18.0. The van der Waals surface area contributed by atoms with Crippen molar-refractivity contribution in [2.24, 2.45) is 0 Å². The molecule has 0 saturated heterocycles. The van der Waals surface area contributed by atoms with Crippen molar-refractivity contribution in [1.29, 1.82) is 0 Å². The highest BCUT2D eigenvalue weighted by atomic mass is 19.1. The maximum absolute atomic E-state index is 15.0. The normalized spacial score (nSPS) is 12.6. The average Bonchev–Trinajstić information content (AvgIpc) is 2.84. The first-order chi connectivity index (χ1) is 16.1. The van der Waals surface area contributed by atoms with E-state index in [1.807, 2.05) is 6.07 Å². The van der Waals surface area contributed by atoms with Crippen LogP contribution in [0.3, 0.4) is 0 Å². The predicted molar refractivity (Wildman–Crippen MR) is 119 cm³/mol. The Hall–Kier alpha value is -4.20. The minimum Gasteiger partial charge on any atom is -0.453 e. The summed E-state index contributed by atoms with van der Waals surface area (Å²) in [6.45, 7) is 0. The fraction of sp³-hybridized carbons (Fsp3) is 0.120. The Bertz CT molecular complexity index is 1240. The molecule has 4 aromatic rings. The van der Waals surface area contributed by atoms with Gasteiger partial charge in [0.25, 0.3) is 0 Å². The maximum Gasteiger partial charge on any atom is 0.412 e. The molecule has 0 aliphatic rings. The number of pyridine rings is 3. The number of halogens is 2. The Morgan fingerprint density at radius 3 is 2.39 bits per heavy atom. The number of ether oxygens (including phenoxy) is 1. The fourth-order valence-electron chi connectivity index (χ4n) is 3.80. The highest BCUT2D eigenvalue weighted by Crippen LogP contribution is 2.42. The molecule has 4 rings (SSSR count). The number of aromatic nitrogens is 3. The zero-order valence-electron chi connectivity index (χ0n) is 17.7. The molecule has 0 saturated carbocycles. The van der Waals surface area contributed by atoms with Crippen LogP contribution in [-0.2, 0) is 4.74 Å². The van der Waals surface area contributed by atoms with E-state index in [1.54, 1.807) is 60.9 Å². The Morgan fingerprint density at radius 1 is 0.909 bits per heavy atom. The molecule has 0 radical (unpaired) electrons. The summed E-state index contributed by atoms with van der Waals surface area (Å²) in [7, 11) is 1.25. The van der Waals surface area contributed by atoms with Crippen LogP contribution >= 0.6 is 0 Å². The van der Waals surface area contributed by atoms with Crippen molar-refractivity contribution in [1.82, 2.24) is 15.0 Å². The summed E-state index contributed by atoms with van der Waals surface area (Å²) in [5.74, 6) is -1.88. The molecular formula is C25H20F2N4O2. The third-order valence-corrected chi connectivity index (χ3v) is 5.23. The van der Waals surface area contributed by atoms with Crippen LogP contribution in [0.1, 0.15) is 34.2 Å². The minimum atomic E-state index is -0.667. The lowest BCUT2D eigenvalue weighted by molar-refractivity contribution is 0.187. The number of rotatable bonds is 6. The number of amides is 1. The van der Waals surface area contributed by atoms with Gasteiger partial charge in [0.05, 0.1) is 12.8 Å². The number of hydrogen-bond donors (Lipinski definition) is 1. The lowest BCUT2D eigenvalue weighted by Gasteiger charge is -2.28. The molecule has 2 atom stereocenters. The van der Waals surface area contributed by atoms with Crippen molar-refractivity contribution in [2.45, 2.75) is 11.8 Å². The molecule has 2 unspecified atom stereocenters. The van der Waals surface area contributed by atoms with Gasteiger partial charge in [-0.25, -0.2) is 19.2 Å². The minimum absolute atomic E-state index is 0.267. The number of carbonyl (C=O) groups excluding carboxylic acids is 1. The second kappa shape index (κ2) is 9.95. The predicted octanol–water partition coefficient (Wildman–Crippen LogP) is 5.29. The van der Waals surface area contributed by atoms with Gasteiger partial charge in [-0.1, -0.05) is 30.3 Å². The van der Waals surface area contributed by atoms with E-state index in [1.165, 1.54) is 25.4 Å². The first-order valence-corrected chi connectivity index (χ1v) is 10.1. The lowest BCUT2D eigenvalue weighted by atomic mass is 9.76. The number of nitrogens with one attached hydrogen (secondary N) is 1. The quantitative estimate of drug-likeness (QED) is 0.407. The zero-order valence-corrected chi connectivity index (χ0v) is 17.7. The molecule has 1 aromatic carbocycles. The van der Waals surface area contributed by atoms with Crippen molar-refractivity contribution in [3.63, 3.8) is 0 Å². The van der Waals surface area contributed by atoms with Crippen LogP contribution in [0.5, 0.6) is 0 Å². The van der Waals surface area contributed by atoms with E-state index >= 15 is 0 Å². The van der Waals surface area contributed by atoms with Gasteiger partial charge in [-0.2, -0.15) is 4.39 Å². The van der Waals surface area contributed by atoms with Gasteiger partial charge in [0.1, 0.15) is 11.6 Å². The zero-order chi connectivity index (χ0) is 23.2. The van der Waals surface area contributed by atoms with Gasteiger partial charge in [0.2, 0.25) is 5.95 Å². The summed E-state index contributed by atoms with van der Waals surface area (Å²) in [6.07, 6.45) is 4.00. The number of carbonyl (C=O) groups is 1. The van der Waals surface area contributed by atoms with Crippen LogP contribution in [0, 0.1) is 11.8 Å². The first kappa shape index (κ1) is 22.0. The van der Waals surface area contributed by atoms with Crippen molar-refractivity contribution in [3.05, 3.63) is 119 Å². The molecule has 0 spiro atoms. The highest BCUT2D eigenvalue weighted by molar-refractivity contribution is 5.83. The van der Waals surface area contributed by atoms with E-state index in [4.69, 9.17) is 0 Å². The standard InChI is InChI=1S/C25H20F2N4O2/c1-33-25(32)31-21-8-2-7-20(30-21)23(16-9-11-18(26)12-10-16)22(17-5-3-13-28-15-17)19-6-4-14-29-24(19)27/h2-15,22-23H,1H3,(H,30,31,32). The van der Waals surface area contributed by atoms with Crippen LogP contribution in [0.2, 0.25) is 0 Å². The van der Waals surface area contributed by atoms with Crippen molar-refractivity contribution < 1.29 is 18.3 Å². The molecule has 0 aliphatic heterocycles. The maximum atomic E-state index is 15.0. The molecule has 0 aliphatic carbocycles. The van der Waals surface area contributed by atoms with Crippen LogP contribution in [0.25, 0.3) is 0 Å². The van der Waals surface area contributed by atoms with Crippen LogP contribution in [0.4, 0.5) is 19.4 Å². The van der Waals surface area contributed by atoms with E-state index in [0.29, 0.717) is 16.8 Å². The molecule has 166 valence electrons. The lowest BCUT2D eigenvalue weighted by Crippen LogP contribution is -2.19. The molecule has 3 aromatic heterocycles. The van der Waals surface area contributed by atoms with Crippen molar-refractivity contribution in [2.75, 3.05) is 12.4 Å². The Balaban J connectivity index is 1.93. The van der Waals surface area contributed by atoms with Gasteiger partial charge in [0.15, 0.2) is 0 Å². The van der Waals surface area contributed by atoms with E-state index in [9.17, 15) is 13.6 Å². The van der Waals surface area contributed by atoms with Crippen LogP contribution in [-0.4, -0.2) is 28.2 Å². The SMILES string of the molecule is COC(=O)Nc1cccc(C(c2ccc(F)cc2)C(c2cccnc2)c2cccnc2F)n1. The summed E-state index contributed by atoms with van der Waals surface area (Å²) in [4.78, 5) is 24.4. The molecule has 3 heterocycles.